The third-order valence-corrected chi connectivity index (χ3v) is 3.38. The second kappa shape index (κ2) is 8.94. The van der Waals surface area contributed by atoms with Crippen LogP contribution in [0.3, 0.4) is 0 Å². The first kappa shape index (κ1) is 16.0. The molecule has 1 atom stereocenters. The van der Waals surface area contributed by atoms with Crippen molar-refractivity contribution in [3.63, 3.8) is 0 Å². The Hall–Kier alpha value is -1.06. The van der Waals surface area contributed by atoms with Crippen molar-refractivity contribution >= 4 is 0 Å². The standard InChI is InChI=1S/C16H28N2O/c1-5-11-18(12-6-2)13-15(17-3)14-9-7-8-10-16(14)19-4/h7-10,15,17H,5-6,11-13H2,1-4H3. The van der Waals surface area contributed by atoms with E-state index in [1.807, 2.05) is 19.2 Å². The Labute approximate surface area is 118 Å². The molecule has 0 saturated carbocycles. The molecule has 0 heterocycles. The van der Waals surface area contributed by atoms with Crippen LogP contribution in [0, 0.1) is 0 Å². The van der Waals surface area contributed by atoms with E-state index >= 15 is 0 Å². The summed E-state index contributed by atoms with van der Waals surface area (Å²) in [6.45, 7) is 7.81. The van der Waals surface area contributed by atoms with E-state index in [4.69, 9.17) is 4.74 Å². The number of para-hydroxylation sites is 1. The second-order valence-corrected chi connectivity index (χ2v) is 4.88. The van der Waals surface area contributed by atoms with Gasteiger partial charge in [0.15, 0.2) is 0 Å². The molecule has 0 radical (unpaired) electrons. The van der Waals surface area contributed by atoms with Gasteiger partial charge in [-0.25, -0.2) is 0 Å². The molecular weight excluding hydrogens is 236 g/mol. The Morgan fingerprint density at radius 2 is 1.79 bits per heavy atom. The smallest absolute Gasteiger partial charge is 0.123 e. The van der Waals surface area contributed by atoms with Crippen LogP contribution in [-0.2, 0) is 0 Å². The summed E-state index contributed by atoms with van der Waals surface area (Å²) >= 11 is 0. The zero-order valence-corrected chi connectivity index (χ0v) is 12.8. The fourth-order valence-corrected chi connectivity index (χ4v) is 2.48. The minimum absolute atomic E-state index is 0.314. The summed E-state index contributed by atoms with van der Waals surface area (Å²) in [5.41, 5.74) is 1.24. The van der Waals surface area contributed by atoms with Crippen molar-refractivity contribution in [2.24, 2.45) is 0 Å². The molecule has 3 heteroatoms. The Morgan fingerprint density at radius 1 is 1.16 bits per heavy atom. The van der Waals surface area contributed by atoms with Gasteiger partial charge in [0.25, 0.3) is 0 Å². The van der Waals surface area contributed by atoms with Gasteiger partial charge in [0.1, 0.15) is 5.75 Å². The minimum atomic E-state index is 0.314. The van der Waals surface area contributed by atoms with Gasteiger partial charge in [-0.05, 0) is 39.0 Å². The molecule has 108 valence electrons. The molecule has 3 nitrogen and oxygen atoms in total. The van der Waals surface area contributed by atoms with Gasteiger partial charge in [0, 0.05) is 18.2 Å². The molecular formula is C16H28N2O. The number of benzene rings is 1. The van der Waals surface area contributed by atoms with Crippen LogP contribution in [0.5, 0.6) is 5.75 Å². The Morgan fingerprint density at radius 3 is 2.32 bits per heavy atom. The topological polar surface area (TPSA) is 24.5 Å². The highest BCUT2D eigenvalue weighted by molar-refractivity contribution is 5.36. The predicted octanol–water partition coefficient (Wildman–Crippen LogP) is 3.08. The Bertz CT molecular complexity index is 348. The monoisotopic (exact) mass is 264 g/mol. The highest BCUT2D eigenvalue weighted by atomic mass is 16.5. The van der Waals surface area contributed by atoms with E-state index in [9.17, 15) is 0 Å². The average Bonchev–Trinajstić information content (AvgIpc) is 2.45. The first-order valence-electron chi connectivity index (χ1n) is 7.29. The van der Waals surface area contributed by atoms with E-state index < -0.39 is 0 Å². The van der Waals surface area contributed by atoms with Crippen LogP contribution < -0.4 is 10.1 Å². The molecule has 0 aliphatic carbocycles. The molecule has 0 aliphatic heterocycles. The summed E-state index contributed by atoms with van der Waals surface area (Å²) in [4.78, 5) is 2.52. The zero-order chi connectivity index (χ0) is 14.1. The number of likely N-dealkylation sites (N-methyl/N-ethyl adjacent to an activating group) is 1. The van der Waals surface area contributed by atoms with Gasteiger partial charge in [-0.1, -0.05) is 32.0 Å². The summed E-state index contributed by atoms with van der Waals surface area (Å²) in [5, 5.41) is 3.42. The predicted molar refractivity (Wildman–Crippen MR) is 81.8 cm³/mol. The van der Waals surface area contributed by atoms with Gasteiger partial charge in [-0.15, -0.1) is 0 Å². The molecule has 0 aromatic heterocycles. The number of hydrogen-bond acceptors (Lipinski definition) is 3. The van der Waals surface area contributed by atoms with Crippen LogP contribution in [0.1, 0.15) is 38.3 Å². The Kier molecular flexibility index (Phi) is 7.53. The van der Waals surface area contributed by atoms with Gasteiger partial charge >= 0.3 is 0 Å². The van der Waals surface area contributed by atoms with Crippen LogP contribution in [0.15, 0.2) is 24.3 Å². The zero-order valence-electron chi connectivity index (χ0n) is 12.8. The molecule has 1 N–H and O–H groups in total. The first-order valence-corrected chi connectivity index (χ1v) is 7.29. The fraction of sp³-hybridized carbons (Fsp3) is 0.625. The lowest BCUT2D eigenvalue weighted by Gasteiger charge is -2.27. The molecule has 1 aromatic carbocycles. The third-order valence-electron chi connectivity index (χ3n) is 3.38. The number of hydrogen-bond donors (Lipinski definition) is 1. The highest BCUT2D eigenvalue weighted by Crippen LogP contribution is 2.25. The SMILES string of the molecule is CCCN(CCC)CC(NC)c1ccccc1OC. The van der Waals surface area contributed by atoms with Crippen LogP contribution in [0.4, 0.5) is 0 Å². The maximum Gasteiger partial charge on any atom is 0.123 e. The quantitative estimate of drug-likeness (QED) is 0.742. The first-order chi connectivity index (χ1) is 9.26. The summed E-state index contributed by atoms with van der Waals surface area (Å²) in [5.74, 6) is 0.967. The number of nitrogens with zero attached hydrogens (tertiary/aromatic N) is 1. The summed E-state index contributed by atoms with van der Waals surface area (Å²) in [6, 6.07) is 8.59. The van der Waals surface area contributed by atoms with Gasteiger partial charge in [0.05, 0.1) is 7.11 Å². The molecule has 1 rings (SSSR count). The van der Waals surface area contributed by atoms with Gasteiger partial charge in [0.2, 0.25) is 0 Å². The molecule has 0 saturated heterocycles. The van der Waals surface area contributed by atoms with E-state index in [0.29, 0.717) is 6.04 Å². The lowest BCUT2D eigenvalue weighted by atomic mass is 10.0. The number of nitrogens with one attached hydrogen (secondary N) is 1. The lowest BCUT2D eigenvalue weighted by molar-refractivity contribution is 0.245. The fourth-order valence-electron chi connectivity index (χ4n) is 2.48. The average molecular weight is 264 g/mol. The van der Waals surface area contributed by atoms with E-state index in [1.54, 1.807) is 7.11 Å². The molecule has 19 heavy (non-hydrogen) atoms. The second-order valence-electron chi connectivity index (χ2n) is 4.88. The Balaban J connectivity index is 2.80. The van der Waals surface area contributed by atoms with E-state index in [2.05, 4.69) is 36.2 Å². The summed E-state index contributed by atoms with van der Waals surface area (Å²) in [6.07, 6.45) is 2.39. The molecule has 1 unspecified atom stereocenters. The van der Waals surface area contributed by atoms with Crippen molar-refractivity contribution in [2.75, 3.05) is 33.8 Å². The van der Waals surface area contributed by atoms with Crippen LogP contribution in [0.25, 0.3) is 0 Å². The molecule has 0 fully saturated rings. The number of rotatable bonds is 9. The third kappa shape index (κ3) is 4.84. The molecule has 0 amide bonds. The highest BCUT2D eigenvalue weighted by Gasteiger charge is 2.16. The van der Waals surface area contributed by atoms with Crippen LogP contribution in [-0.4, -0.2) is 38.7 Å². The van der Waals surface area contributed by atoms with Gasteiger partial charge in [-0.3, -0.25) is 0 Å². The summed E-state index contributed by atoms with van der Waals surface area (Å²) < 4.78 is 5.47. The number of methoxy groups -OCH3 is 1. The maximum atomic E-state index is 5.47. The summed E-state index contributed by atoms with van der Waals surface area (Å²) in [7, 11) is 3.76. The van der Waals surface area contributed by atoms with Crippen molar-refractivity contribution < 1.29 is 4.74 Å². The van der Waals surface area contributed by atoms with E-state index in [0.717, 1.165) is 25.4 Å². The lowest BCUT2D eigenvalue weighted by Crippen LogP contribution is -2.35. The molecule has 0 bridgehead atoms. The van der Waals surface area contributed by atoms with Crippen molar-refractivity contribution in [1.82, 2.24) is 10.2 Å². The molecule has 1 aromatic rings. The van der Waals surface area contributed by atoms with Crippen molar-refractivity contribution in [1.29, 1.82) is 0 Å². The van der Waals surface area contributed by atoms with Crippen molar-refractivity contribution in [2.45, 2.75) is 32.7 Å². The van der Waals surface area contributed by atoms with Gasteiger partial charge in [-0.2, -0.15) is 0 Å². The van der Waals surface area contributed by atoms with E-state index in [1.165, 1.54) is 18.4 Å². The largest absolute Gasteiger partial charge is 0.496 e. The van der Waals surface area contributed by atoms with Gasteiger partial charge < -0.3 is 15.0 Å². The van der Waals surface area contributed by atoms with Crippen LogP contribution >= 0.6 is 0 Å². The molecule has 0 aliphatic rings. The van der Waals surface area contributed by atoms with Crippen molar-refractivity contribution in [3.8, 4) is 5.75 Å². The maximum absolute atomic E-state index is 5.47. The minimum Gasteiger partial charge on any atom is -0.496 e. The molecule has 0 spiro atoms. The van der Waals surface area contributed by atoms with E-state index in [-0.39, 0.29) is 0 Å². The van der Waals surface area contributed by atoms with Crippen LogP contribution in [0.2, 0.25) is 0 Å². The van der Waals surface area contributed by atoms with Crippen molar-refractivity contribution in [3.05, 3.63) is 29.8 Å². The normalized spacial score (nSPS) is 12.7. The number of ether oxygens (including phenoxy) is 1.